The maximum Gasteiger partial charge on any atom is 0.317 e. The Morgan fingerprint density at radius 3 is 2.24 bits per heavy atom. The fourth-order valence-corrected chi connectivity index (χ4v) is 5.98. The number of fused-ring (bicyclic) bond motifs is 1. The van der Waals surface area contributed by atoms with Gasteiger partial charge in [0, 0.05) is 30.9 Å². The van der Waals surface area contributed by atoms with Gasteiger partial charge in [0.1, 0.15) is 5.92 Å². The lowest BCUT2D eigenvalue weighted by Gasteiger charge is -2.23. The molecule has 42 heavy (non-hydrogen) atoms. The molecule has 0 amide bonds. The molecule has 5 rings (SSSR count). The van der Waals surface area contributed by atoms with E-state index in [0.29, 0.717) is 19.3 Å². The number of rotatable bonds is 11. The van der Waals surface area contributed by atoms with Gasteiger partial charge in [0.15, 0.2) is 0 Å². The van der Waals surface area contributed by atoms with Crippen LogP contribution in [0.2, 0.25) is 0 Å². The Bertz CT molecular complexity index is 1490. The van der Waals surface area contributed by atoms with Gasteiger partial charge in [-0.25, -0.2) is 0 Å². The van der Waals surface area contributed by atoms with Crippen LogP contribution in [-0.2, 0) is 25.5 Å². The predicted molar refractivity (Wildman–Crippen MR) is 168 cm³/mol. The number of esters is 2. The van der Waals surface area contributed by atoms with E-state index < -0.39 is 5.92 Å². The molecule has 1 aliphatic heterocycles. The highest BCUT2D eigenvalue weighted by molar-refractivity contribution is 5.86. The summed E-state index contributed by atoms with van der Waals surface area (Å²) in [6.07, 6.45) is 1.28. The number of ether oxygens (including phenoxy) is 2. The van der Waals surface area contributed by atoms with Crippen LogP contribution in [0.5, 0.6) is 0 Å². The van der Waals surface area contributed by atoms with Crippen molar-refractivity contribution in [3.05, 3.63) is 113 Å². The lowest BCUT2D eigenvalue weighted by atomic mass is 9.90. The standard InChI is InChI=1S/C36H40N2O4/c1-4-41-34(39)23-26-13-15-28(16-14-26)35(36(40)42-5-2)29-17-19-31(20-18-29)38-22-21-30(24-38)37-25(3)32-12-8-10-27-9-6-7-11-33(27)32/h6-20,25,30,35,37H,4-5,21-24H2,1-3H3/t25-,30+,35?/m1/s1. The molecule has 0 aliphatic carbocycles. The smallest absolute Gasteiger partial charge is 0.317 e. The van der Waals surface area contributed by atoms with Crippen LogP contribution >= 0.6 is 0 Å². The first kappa shape index (κ1) is 29.3. The second-order valence-electron chi connectivity index (χ2n) is 10.9. The van der Waals surface area contributed by atoms with Crippen molar-refractivity contribution < 1.29 is 19.1 Å². The molecule has 4 aromatic rings. The lowest BCUT2D eigenvalue weighted by molar-refractivity contribution is -0.144. The van der Waals surface area contributed by atoms with Gasteiger partial charge in [-0.3, -0.25) is 9.59 Å². The summed E-state index contributed by atoms with van der Waals surface area (Å²) in [5.74, 6) is -1.08. The number of hydrogen-bond donors (Lipinski definition) is 1. The number of nitrogens with one attached hydrogen (secondary N) is 1. The maximum absolute atomic E-state index is 13.1. The molecule has 0 aromatic heterocycles. The number of carbonyl (C=O) groups excluding carboxylic acids is 2. The van der Waals surface area contributed by atoms with Crippen LogP contribution < -0.4 is 10.2 Å². The normalized spacial score (nSPS) is 16.3. The monoisotopic (exact) mass is 564 g/mol. The summed E-state index contributed by atoms with van der Waals surface area (Å²) in [4.78, 5) is 27.3. The molecule has 3 atom stereocenters. The van der Waals surface area contributed by atoms with E-state index in [0.717, 1.165) is 41.9 Å². The SMILES string of the molecule is CCOC(=O)Cc1ccc(C(C(=O)OCC)c2ccc(N3CC[C@H](N[C@H](C)c4cccc5ccccc45)C3)cc2)cc1. The second kappa shape index (κ2) is 13.7. The Morgan fingerprint density at radius 2 is 1.52 bits per heavy atom. The van der Waals surface area contributed by atoms with E-state index in [1.807, 2.05) is 43.3 Å². The fourth-order valence-electron chi connectivity index (χ4n) is 5.98. The van der Waals surface area contributed by atoms with E-state index >= 15 is 0 Å². The van der Waals surface area contributed by atoms with E-state index in [4.69, 9.17) is 9.47 Å². The minimum absolute atomic E-state index is 0.208. The van der Waals surface area contributed by atoms with Crippen molar-refractivity contribution >= 4 is 28.4 Å². The summed E-state index contributed by atoms with van der Waals surface area (Å²) in [5.41, 5.74) is 5.04. The van der Waals surface area contributed by atoms with Crippen LogP contribution in [0.3, 0.4) is 0 Å². The van der Waals surface area contributed by atoms with Crippen molar-refractivity contribution in [2.75, 3.05) is 31.2 Å². The maximum atomic E-state index is 13.1. The summed E-state index contributed by atoms with van der Waals surface area (Å²) in [6.45, 7) is 8.44. The zero-order valence-electron chi connectivity index (χ0n) is 24.7. The quantitative estimate of drug-likeness (QED) is 0.208. The van der Waals surface area contributed by atoms with Crippen LogP contribution in [-0.4, -0.2) is 44.3 Å². The molecule has 218 valence electrons. The van der Waals surface area contributed by atoms with Gasteiger partial charge in [0.25, 0.3) is 0 Å². The highest BCUT2D eigenvalue weighted by Crippen LogP contribution is 2.31. The van der Waals surface area contributed by atoms with Crippen LogP contribution in [0.1, 0.15) is 61.4 Å². The molecule has 1 saturated heterocycles. The fraction of sp³-hybridized carbons (Fsp3) is 0.333. The molecule has 6 nitrogen and oxygen atoms in total. The number of nitrogens with zero attached hydrogens (tertiary/aromatic N) is 1. The van der Waals surface area contributed by atoms with Crippen molar-refractivity contribution in [1.82, 2.24) is 5.32 Å². The molecule has 1 unspecified atom stereocenters. The minimum Gasteiger partial charge on any atom is -0.466 e. The first-order valence-electron chi connectivity index (χ1n) is 15.0. The van der Waals surface area contributed by atoms with E-state index in [-0.39, 0.29) is 24.4 Å². The van der Waals surface area contributed by atoms with E-state index in [1.54, 1.807) is 6.92 Å². The Kier molecular flexibility index (Phi) is 9.55. The molecule has 1 fully saturated rings. The first-order chi connectivity index (χ1) is 20.5. The summed E-state index contributed by atoms with van der Waals surface area (Å²) in [6, 6.07) is 31.6. The van der Waals surface area contributed by atoms with Crippen LogP contribution in [0.15, 0.2) is 91.0 Å². The van der Waals surface area contributed by atoms with Gasteiger partial charge in [-0.2, -0.15) is 0 Å². The third-order valence-corrected chi connectivity index (χ3v) is 8.04. The number of carbonyl (C=O) groups is 2. The average molecular weight is 565 g/mol. The molecular formula is C36H40N2O4. The van der Waals surface area contributed by atoms with Crippen molar-refractivity contribution in [1.29, 1.82) is 0 Å². The van der Waals surface area contributed by atoms with Gasteiger partial charge in [0.05, 0.1) is 19.6 Å². The molecule has 1 heterocycles. The molecule has 6 heteroatoms. The Hall–Kier alpha value is -4.16. The van der Waals surface area contributed by atoms with E-state index in [9.17, 15) is 9.59 Å². The predicted octanol–water partition coefficient (Wildman–Crippen LogP) is 6.57. The largest absolute Gasteiger partial charge is 0.466 e. The zero-order valence-corrected chi connectivity index (χ0v) is 24.7. The highest BCUT2D eigenvalue weighted by atomic mass is 16.5. The second-order valence-corrected chi connectivity index (χ2v) is 10.9. The first-order valence-corrected chi connectivity index (χ1v) is 15.0. The van der Waals surface area contributed by atoms with Crippen molar-refractivity contribution in [2.24, 2.45) is 0 Å². The average Bonchev–Trinajstić information content (AvgIpc) is 3.47. The Labute approximate surface area is 248 Å². The van der Waals surface area contributed by atoms with Gasteiger partial charge in [0.2, 0.25) is 0 Å². The molecular weight excluding hydrogens is 524 g/mol. The number of anilines is 1. The van der Waals surface area contributed by atoms with E-state index in [1.165, 1.54) is 16.3 Å². The topological polar surface area (TPSA) is 67.9 Å². The van der Waals surface area contributed by atoms with Crippen molar-refractivity contribution in [3.63, 3.8) is 0 Å². The molecule has 1 aliphatic rings. The summed E-state index contributed by atoms with van der Waals surface area (Å²) < 4.78 is 10.5. The molecule has 4 aromatic carbocycles. The third-order valence-electron chi connectivity index (χ3n) is 8.04. The molecule has 0 spiro atoms. The van der Waals surface area contributed by atoms with Gasteiger partial charge < -0.3 is 19.7 Å². The summed E-state index contributed by atoms with van der Waals surface area (Å²) >= 11 is 0. The van der Waals surface area contributed by atoms with Crippen LogP contribution in [0.25, 0.3) is 10.8 Å². The zero-order chi connectivity index (χ0) is 29.5. The van der Waals surface area contributed by atoms with Gasteiger partial charge in [-0.05, 0) is 72.4 Å². The number of benzene rings is 4. The summed E-state index contributed by atoms with van der Waals surface area (Å²) in [5, 5.41) is 6.43. The Morgan fingerprint density at radius 1 is 0.857 bits per heavy atom. The van der Waals surface area contributed by atoms with Gasteiger partial charge in [-0.1, -0.05) is 78.9 Å². The van der Waals surface area contributed by atoms with Crippen molar-refractivity contribution in [3.8, 4) is 0 Å². The highest BCUT2D eigenvalue weighted by Gasteiger charge is 2.27. The Balaban J connectivity index is 1.26. The number of hydrogen-bond acceptors (Lipinski definition) is 6. The minimum atomic E-state index is -0.537. The summed E-state index contributed by atoms with van der Waals surface area (Å²) in [7, 11) is 0. The van der Waals surface area contributed by atoms with Gasteiger partial charge in [-0.15, -0.1) is 0 Å². The lowest BCUT2D eigenvalue weighted by Crippen LogP contribution is -2.34. The molecule has 0 bridgehead atoms. The van der Waals surface area contributed by atoms with Crippen molar-refractivity contribution in [2.45, 2.75) is 51.6 Å². The van der Waals surface area contributed by atoms with Crippen LogP contribution in [0.4, 0.5) is 5.69 Å². The van der Waals surface area contributed by atoms with Gasteiger partial charge >= 0.3 is 11.9 Å². The molecule has 0 radical (unpaired) electrons. The van der Waals surface area contributed by atoms with Crippen LogP contribution in [0, 0.1) is 0 Å². The molecule has 1 N–H and O–H groups in total. The van der Waals surface area contributed by atoms with E-state index in [2.05, 4.69) is 71.7 Å². The third kappa shape index (κ3) is 6.82. The molecule has 0 saturated carbocycles.